The van der Waals surface area contributed by atoms with Crippen LogP contribution in [-0.2, 0) is 14.8 Å². The van der Waals surface area contributed by atoms with Gasteiger partial charge in [0.1, 0.15) is 0 Å². The molecule has 1 heterocycles. The maximum absolute atomic E-state index is 13.0. The SMILES string of the molecule is CC(C)c1cccc(C(C)C)c1NC(=O)c1ccc(N2C(=O)CCS2(=O)=O)cc1Cl. The maximum atomic E-state index is 13.0. The number of para-hydroxylation sites is 1. The summed E-state index contributed by atoms with van der Waals surface area (Å²) >= 11 is 6.32. The fourth-order valence-corrected chi connectivity index (χ4v) is 5.27. The van der Waals surface area contributed by atoms with Crippen molar-refractivity contribution < 1.29 is 18.0 Å². The minimum atomic E-state index is -3.69. The van der Waals surface area contributed by atoms with Gasteiger partial charge >= 0.3 is 0 Å². The van der Waals surface area contributed by atoms with Gasteiger partial charge in [0.05, 0.1) is 22.0 Å². The van der Waals surface area contributed by atoms with Crippen LogP contribution in [0.15, 0.2) is 36.4 Å². The maximum Gasteiger partial charge on any atom is 0.257 e. The van der Waals surface area contributed by atoms with Crippen LogP contribution < -0.4 is 9.62 Å². The van der Waals surface area contributed by atoms with E-state index in [1.807, 2.05) is 18.2 Å². The zero-order chi connectivity index (χ0) is 22.2. The topological polar surface area (TPSA) is 83.6 Å². The highest BCUT2D eigenvalue weighted by Gasteiger charge is 2.36. The third kappa shape index (κ3) is 4.23. The summed E-state index contributed by atoms with van der Waals surface area (Å²) in [6, 6.07) is 10.2. The zero-order valence-electron chi connectivity index (χ0n) is 17.4. The number of halogens is 1. The molecular weight excluding hydrogens is 424 g/mol. The fourth-order valence-electron chi connectivity index (χ4n) is 3.56. The normalized spacial score (nSPS) is 15.8. The van der Waals surface area contributed by atoms with Gasteiger partial charge in [0.25, 0.3) is 5.91 Å². The average Bonchev–Trinajstić information content (AvgIpc) is 2.93. The van der Waals surface area contributed by atoms with Gasteiger partial charge in [-0.05, 0) is 41.2 Å². The van der Waals surface area contributed by atoms with Crippen LogP contribution in [-0.4, -0.2) is 26.0 Å². The van der Waals surface area contributed by atoms with E-state index in [0.29, 0.717) is 0 Å². The van der Waals surface area contributed by atoms with Gasteiger partial charge in [0.15, 0.2) is 0 Å². The third-order valence-corrected chi connectivity index (χ3v) is 7.13. The second-order valence-electron chi connectivity index (χ2n) is 7.96. The highest BCUT2D eigenvalue weighted by atomic mass is 35.5. The summed E-state index contributed by atoms with van der Waals surface area (Å²) in [5, 5.41) is 3.07. The number of hydrogen-bond donors (Lipinski definition) is 1. The van der Waals surface area contributed by atoms with Crippen molar-refractivity contribution in [2.45, 2.75) is 46.0 Å². The third-order valence-electron chi connectivity index (χ3n) is 5.12. The molecule has 0 radical (unpaired) electrons. The Kier molecular flexibility index (Phi) is 6.24. The molecule has 0 unspecified atom stereocenters. The van der Waals surface area contributed by atoms with Crippen LogP contribution in [0.5, 0.6) is 0 Å². The lowest BCUT2D eigenvalue weighted by Crippen LogP contribution is -2.29. The van der Waals surface area contributed by atoms with Gasteiger partial charge in [-0.2, -0.15) is 0 Å². The van der Waals surface area contributed by atoms with Crippen molar-refractivity contribution in [3.63, 3.8) is 0 Å². The van der Waals surface area contributed by atoms with Gasteiger partial charge in [-0.25, -0.2) is 12.7 Å². The van der Waals surface area contributed by atoms with Crippen molar-refractivity contribution in [3.8, 4) is 0 Å². The number of carbonyl (C=O) groups is 2. The van der Waals surface area contributed by atoms with E-state index >= 15 is 0 Å². The second-order valence-corrected chi connectivity index (χ2v) is 10.3. The first kappa shape index (κ1) is 22.3. The summed E-state index contributed by atoms with van der Waals surface area (Å²) < 4.78 is 25.0. The molecule has 3 rings (SSSR count). The minimum Gasteiger partial charge on any atom is -0.321 e. The van der Waals surface area contributed by atoms with E-state index < -0.39 is 21.8 Å². The average molecular weight is 449 g/mol. The summed E-state index contributed by atoms with van der Waals surface area (Å²) in [4.78, 5) is 25.0. The van der Waals surface area contributed by atoms with Crippen LogP contribution in [0.3, 0.4) is 0 Å². The molecule has 0 atom stereocenters. The van der Waals surface area contributed by atoms with Gasteiger partial charge in [-0.3, -0.25) is 9.59 Å². The molecule has 2 aromatic carbocycles. The van der Waals surface area contributed by atoms with Crippen LogP contribution in [0.1, 0.15) is 67.4 Å². The molecule has 6 nitrogen and oxygen atoms in total. The lowest BCUT2D eigenvalue weighted by molar-refractivity contribution is -0.116. The molecule has 1 saturated heterocycles. The highest BCUT2D eigenvalue weighted by Crippen LogP contribution is 2.34. The molecule has 2 amide bonds. The summed E-state index contributed by atoms with van der Waals surface area (Å²) in [6.07, 6.45) is -0.0633. The van der Waals surface area contributed by atoms with Gasteiger partial charge in [-0.15, -0.1) is 0 Å². The second kappa shape index (κ2) is 8.40. The molecule has 2 aromatic rings. The molecule has 0 aromatic heterocycles. The van der Waals surface area contributed by atoms with E-state index in [-0.39, 0.29) is 40.3 Å². The lowest BCUT2D eigenvalue weighted by Gasteiger charge is -2.21. The van der Waals surface area contributed by atoms with Crippen molar-refractivity contribution in [2.24, 2.45) is 0 Å². The number of carbonyl (C=O) groups excluding carboxylic acids is 2. The zero-order valence-corrected chi connectivity index (χ0v) is 19.0. The first-order valence-corrected chi connectivity index (χ1v) is 11.8. The van der Waals surface area contributed by atoms with E-state index in [1.165, 1.54) is 18.2 Å². The Labute approximate surface area is 182 Å². The molecule has 1 aliphatic heterocycles. The molecule has 0 bridgehead atoms. The van der Waals surface area contributed by atoms with Crippen LogP contribution >= 0.6 is 11.6 Å². The van der Waals surface area contributed by atoms with Crippen molar-refractivity contribution in [1.82, 2.24) is 0 Å². The van der Waals surface area contributed by atoms with Crippen molar-refractivity contribution >= 4 is 44.8 Å². The van der Waals surface area contributed by atoms with Crippen molar-refractivity contribution in [1.29, 1.82) is 0 Å². The Bertz CT molecular complexity index is 1080. The fraction of sp³-hybridized carbons (Fsp3) is 0.364. The number of anilines is 2. The minimum absolute atomic E-state index is 0.0633. The standard InChI is InChI=1S/C22H25ClN2O4S/c1-13(2)16-6-5-7-17(14(3)4)21(16)24-22(27)18-9-8-15(12-19(18)23)25-20(26)10-11-30(25,28)29/h5-9,12-14H,10-11H2,1-4H3,(H,24,27). The molecule has 30 heavy (non-hydrogen) atoms. The molecule has 0 saturated carbocycles. The van der Waals surface area contributed by atoms with E-state index in [4.69, 9.17) is 11.6 Å². The molecule has 0 aliphatic carbocycles. The van der Waals surface area contributed by atoms with Gasteiger partial charge < -0.3 is 5.32 Å². The molecule has 160 valence electrons. The number of amides is 2. The Morgan fingerprint density at radius 2 is 1.67 bits per heavy atom. The van der Waals surface area contributed by atoms with E-state index in [0.717, 1.165) is 21.1 Å². The largest absolute Gasteiger partial charge is 0.321 e. The Balaban J connectivity index is 1.95. The Morgan fingerprint density at radius 1 is 1.07 bits per heavy atom. The number of nitrogens with zero attached hydrogens (tertiary/aromatic N) is 1. The van der Waals surface area contributed by atoms with E-state index in [2.05, 4.69) is 33.0 Å². The quantitative estimate of drug-likeness (QED) is 0.704. The highest BCUT2D eigenvalue weighted by molar-refractivity contribution is 7.94. The molecule has 1 fully saturated rings. The molecule has 0 spiro atoms. The number of nitrogens with one attached hydrogen (secondary N) is 1. The molecular formula is C22H25ClN2O4S. The van der Waals surface area contributed by atoms with E-state index in [9.17, 15) is 18.0 Å². The van der Waals surface area contributed by atoms with Crippen molar-refractivity contribution in [3.05, 3.63) is 58.1 Å². The van der Waals surface area contributed by atoms with Crippen LogP contribution in [0, 0.1) is 0 Å². The van der Waals surface area contributed by atoms with Crippen molar-refractivity contribution in [2.75, 3.05) is 15.4 Å². The predicted octanol–water partition coefficient (Wildman–Crippen LogP) is 4.91. The summed E-state index contributed by atoms with van der Waals surface area (Å²) in [6.45, 7) is 8.24. The molecule has 8 heteroatoms. The molecule has 1 N–H and O–H groups in total. The number of benzene rings is 2. The van der Waals surface area contributed by atoms with Gasteiger partial charge in [-0.1, -0.05) is 57.5 Å². The summed E-state index contributed by atoms with van der Waals surface area (Å²) in [7, 11) is -3.69. The first-order valence-electron chi connectivity index (χ1n) is 9.82. The van der Waals surface area contributed by atoms with Crippen LogP contribution in [0.2, 0.25) is 5.02 Å². The number of rotatable bonds is 5. The van der Waals surface area contributed by atoms with Crippen LogP contribution in [0.25, 0.3) is 0 Å². The Morgan fingerprint density at radius 3 is 2.13 bits per heavy atom. The van der Waals surface area contributed by atoms with Gasteiger partial charge in [0, 0.05) is 12.1 Å². The number of hydrogen-bond acceptors (Lipinski definition) is 4. The summed E-state index contributed by atoms with van der Waals surface area (Å²) in [5.74, 6) is -0.699. The van der Waals surface area contributed by atoms with Crippen LogP contribution in [0.4, 0.5) is 11.4 Å². The summed E-state index contributed by atoms with van der Waals surface area (Å²) in [5.41, 5.74) is 3.17. The smallest absolute Gasteiger partial charge is 0.257 e. The lowest BCUT2D eigenvalue weighted by atomic mass is 9.92. The van der Waals surface area contributed by atoms with Gasteiger partial charge in [0.2, 0.25) is 15.9 Å². The monoisotopic (exact) mass is 448 g/mol. The predicted molar refractivity (Wildman–Crippen MR) is 120 cm³/mol. The molecule has 1 aliphatic rings. The van der Waals surface area contributed by atoms with E-state index in [1.54, 1.807) is 0 Å². The Hall–Kier alpha value is -2.38. The first-order chi connectivity index (χ1) is 14.0. The number of sulfonamides is 1.